The van der Waals surface area contributed by atoms with Gasteiger partial charge in [-0.15, -0.1) is 0 Å². The second-order valence-electron chi connectivity index (χ2n) is 8.82. The fourth-order valence-electron chi connectivity index (χ4n) is 4.79. The number of nitrogens with one attached hydrogen (secondary N) is 2. The van der Waals surface area contributed by atoms with Gasteiger partial charge in [0.15, 0.2) is 0 Å². The minimum atomic E-state index is -0.376. The number of rotatable bonds is 6. The number of carbonyl (C=O) groups is 2. The predicted molar refractivity (Wildman–Crippen MR) is 129 cm³/mol. The first kappa shape index (κ1) is 23.0. The number of aromatic nitrogens is 1. The van der Waals surface area contributed by atoms with Crippen LogP contribution in [-0.2, 0) is 4.74 Å². The fourth-order valence-corrected chi connectivity index (χ4v) is 4.79. The summed E-state index contributed by atoms with van der Waals surface area (Å²) < 4.78 is 19.2. The number of benzene rings is 2. The molecular weight excluding hydrogens is 451 g/mol. The Balaban J connectivity index is 1.57. The van der Waals surface area contributed by atoms with Crippen molar-refractivity contribution < 1.29 is 23.8 Å². The number of amides is 3. The molecule has 8 nitrogen and oxygen atoms in total. The number of hydrogen-bond acceptors (Lipinski definition) is 5. The average molecular weight is 479 g/mol. The Kier molecular flexibility index (Phi) is 6.50. The van der Waals surface area contributed by atoms with Gasteiger partial charge >= 0.3 is 6.03 Å². The predicted octanol–water partition coefficient (Wildman–Crippen LogP) is 3.40. The topological polar surface area (TPSA) is 104 Å². The van der Waals surface area contributed by atoms with Crippen LogP contribution in [0.15, 0.2) is 42.5 Å². The molecule has 0 spiro atoms. The maximum absolute atomic E-state index is 13.7. The lowest BCUT2D eigenvalue weighted by atomic mass is 9.86. The molecule has 1 aromatic heterocycles. The first-order chi connectivity index (χ1) is 17.0. The Morgan fingerprint density at radius 1 is 1.17 bits per heavy atom. The van der Waals surface area contributed by atoms with Crippen LogP contribution in [0.3, 0.4) is 0 Å². The van der Waals surface area contributed by atoms with Crippen LogP contribution in [0.2, 0.25) is 0 Å². The van der Waals surface area contributed by atoms with Crippen molar-refractivity contribution in [1.82, 2.24) is 20.5 Å². The molecule has 0 atom stereocenters. The Bertz CT molecular complexity index is 1260. The highest BCUT2D eigenvalue weighted by Gasteiger charge is 2.27. The molecule has 35 heavy (non-hydrogen) atoms. The Morgan fingerprint density at radius 2 is 1.94 bits per heavy atom. The van der Waals surface area contributed by atoms with Gasteiger partial charge in [-0.1, -0.05) is 12.1 Å². The third-order valence-corrected chi connectivity index (χ3v) is 6.58. The number of phenolic OH excluding ortho intramolecular Hbond substituents is 1. The van der Waals surface area contributed by atoms with Gasteiger partial charge in [0, 0.05) is 56.3 Å². The number of aromatic hydroxyl groups is 1. The van der Waals surface area contributed by atoms with Crippen molar-refractivity contribution in [3.8, 4) is 16.9 Å². The van der Waals surface area contributed by atoms with Gasteiger partial charge in [-0.25, -0.2) is 14.2 Å². The van der Waals surface area contributed by atoms with Crippen LogP contribution in [0, 0.1) is 5.82 Å². The van der Waals surface area contributed by atoms with E-state index in [0.29, 0.717) is 38.2 Å². The molecule has 3 N–H and O–H groups in total. The van der Waals surface area contributed by atoms with Crippen molar-refractivity contribution in [2.45, 2.75) is 18.8 Å². The van der Waals surface area contributed by atoms with Gasteiger partial charge in [-0.2, -0.15) is 0 Å². The van der Waals surface area contributed by atoms with E-state index >= 15 is 0 Å². The van der Waals surface area contributed by atoms with Crippen molar-refractivity contribution in [2.24, 2.45) is 0 Å². The first-order valence-corrected chi connectivity index (χ1v) is 11.8. The standard InChI is InChI=1S/C26H27FN4O4/c27-18-3-1-16(2-4-18)22-20-6-5-19(32)15-21(20)24(30-23(22)17-7-13-35-14-8-17)25(33)28-9-11-31-12-10-29-26(31)34/h1-6,15,17,32H,7-14H2,(H,28,33)(H,29,34). The van der Waals surface area contributed by atoms with Crippen molar-refractivity contribution in [1.29, 1.82) is 0 Å². The molecule has 9 heteroatoms. The summed E-state index contributed by atoms with van der Waals surface area (Å²) in [5, 5.41) is 17.1. The van der Waals surface area contributed by atoms with Crippen molar-refractivity contribution >= 4 is 22.7 Å². The Labute approximate surface area is 202 Å². The van der Waals surface area contributed by atoms with Crippen LogP contribution in [0.25, 0.3) is 21.9 Å². The van der Waals surface area contributed by atoms with E-state index in [-0.39, 0.29) is 41.7 Å². The second-order valence-corrected chi connectivity index (χ2v) is 8.82. The van der Waals surface area contributed by atoms with Gasteiger partial charge in [0.25, 0.3) is 5.91 Å². The van der Waals surface area contributed by atoms with Crippen LogP contribution in [-0.4, -0.2) is 66.3 Å². The molecule has 3 aromatic rings. The van der Waals surface area contributed by atoms with Gasteiger partial charge in [-0.3, -0.25) is 4.79 Å². The van der Waals surface area contributed by atoms with Crippen LogP contribution >= 0.6 is 0 Å². The normalized spacial score (nSPS) is 16.5. The number of fused-ring (bicyclic) bond motifs is 1. The zero-order chi connectivity index (χ0) is 24.4. The van der Waals surface area contributed by atoms with E-state index < -0.39 is 0 Å². The Morgan fingerprint density at radius 3 is 2.66 bits per heavy atom. The zero-order valence-electron chi connectivity index (χ0n) is 19.2. The highest BCUT2D eigenvalue weighted by molar-refractivity contribution is 6.10. The minimum Gasteiger partial charge on any atom is -0.508 e. The van der Waals surface area contributed by atoms with E-state index in [1.165, 1.54) is 18.2 Å². The molecule has 3 amide bonds. The summed E-state index contributed by atoms with van der Waals surface area (Å²) in [7, 11) is 0. The number of pyridine rings is 1. The van der Waals surface area contributed by atoms with Crippen LogP contribution in [0.1, 0.15) is 34.9 Å². The third-order valence-electron chi connectivity index (χ3n) is 6.58. The van der Waals surface area contributed by atoms with Crippen molar-refractivity contribution in [3.63, 3.8) is 0 Å². The highest BCUT2D eigenvalue weighted by atomic mass is 19.1. The molecule has 2 fully saturated rings. The number of carbonyl (C=O) groups excluding carboxylic acids is 2. The van der Waals surface area contributed by atoms with Gasteiger partial charge < -0.3 is 25.4 Å². The monoisotopic (exact) mass is 478 g/mol. The molecule has 2 saturated heterocycles. The summed E-state index contributed by atoms with van der Waals surface area (Å²) in [6.45, 7) is 3.06. The summed E-state index contributed by atoms with van der Waals surface area (Å²) in [4.78, 5) is 31.6. The first-order valence-electron chi connectivity index (χ1n) is 11.8. The van der Waals surface area contributed by atoms with Gasteiger partial charge in [0.2, 0.25) is 0 Å². The summed E-state index contributed by atoms with van der Waals surface area (Å²) in [5.41, 5.74) is 2.61. The summed E-state index contributed by atoms with van der Waals surface area (Å²) in [6.07, 6.45) is 1.52. The second kappa shape index (κ2) is 9.87. The summed E-state index contributed by atoms with van der Waals surface area (Å²) in [5.74, 6) is -0.619. The van der Waals surface area contributed by atoms with E-state index in [0.717, 1.165) is 35.0 Å². The molecule has 2 aliphatic rings. The smallest absolute Gasteiger partial charge is 0.317 e. The largest absolute Gasteiger partial charge is 0.508 e. The summed E-state index contributed by atoms with van der Waals surface area (Å²) in [6, 6.07) is 11.0. The molecule has 0 saturated carbocycles. The molecule has 0 unspecified atom stereocenters. The van der Waals surface area contributed by atoms with Gasteiger partial charge in [0.1, 0.15) is 17.3 Å². The molecular formula is C26H27FN4O4. The number of hydrogen-bond donors (Lipinski definition) is 3. The van der Waals surface area contributed by atoms with Gasteiger partial charge in [-0.05, 0) is 54.1 Å². The lowest BCUT2D eigenvalue weighted by Crippen LogP contribution is -2.37. The molecule has 0 aliphatic carbocycles. The molecule has 3 heterocycles. The molecule has 2 aromatic carbocycles. The SMILES string of the molecule is O=C(NCCN1CCNC1=O)c1nc(C2CCOCC2)c(-c2ccc(F)cc2)c2ccc(O)cc12. The van der Waals surface area contributed by atoms with E-state index in [2.05, 4.69) is 10.6 Å². The van der Waals surface area contributed by atoms with E-state index in [4.69, 9.17) is 9.72 Å². The van der Waals surface area contributed by atoms with Crippen molar-refractivity contribution in [2.75, 3.05) is 39.4 Å². The van der Waals surface area contributed by atoms with Gasteiger partial charge in [0.05, 0.1) is 5.69 Å². The number of urea groups is 1. The quantitative estimate of drug-likeness (QED) is 0.504. The maximum atomic E-state index is 13.7. The number of phenols is 1. The lowest BCUT2D eigenvalue weighted by Gasteiger charge is -2.26. The molecule has 5 rings (SSSR count). The number of nitrogens with zero attached hydrogens (tertiary/aromatic N) is 2. The van der Waals surface area contributed by atoms with E-state index in [1.807, 2.05) is 0 Å². The zero-order valence-corrected chi connectivity index (χ0v) is 19.2. The highest BCUT2D eigenvalue weighted by Crippen LogP contribution is 2.40. The summed E-state index contributed by atoms with van der Waals surface area (Å²) >= 11 is 0. The molecule has 2 aliphatic heterocycles. The molecule has 0 radical (unpaired) electrons. The maximum Gasteiger partial charge on any atom is 0.317 e. The lowest BCUT2D eigenvalue weighted by molar-refractivity contribution is 0.0845. The van der Waals surface area contributed by atoms with E-state index in [1.54, 1.807) is 29.2 Å². The number of halogens is 1. The fraction of sp³-hybridized carbons (Fsp3) is 0.346. The third kappa shape index (κ3) is 4.77. The Hall–Kier alpha value is -3.72. The average Bonchev–Trinajstić information content (AvgIpc) is 3.28. The minimum absolute atomic E-state index is 0.0194. The van der Waals surface area contributed by atoms with E-state index in [9.17, 15) is 19.1 Å². The van der Waals surface area contributed by atoms with Crippen LogP contribution in [0.5, 0.6) is 5.75 Å². The van der Waals surface area contributed by atoms with Crippen LogP contribution in [0.4, 0.5) is 9.18 Å². The van der Waals surface area contributed by atoms with Crippen molar-refractivity contribution in [3.05, 3.63) is 59.7 Å². The molecule has 182 valence electrons. The number of ether oxygens (including phenoxy) is 1. The molecule has 0 bridgehead atoms. The van der Waals surface area contributed by atoms with Crippen LogP contribution < -0.4 is 10.6 Å².